The van der Waals surface area contributed by atoms with Gasteiger partial charge in [0.1, 0.15) is 0 Å². The van der Waals surface area contributed by atoms with Crippen LogP contribution in [0.4, 0.5) is 0 Å². The SMILES string of the molecule is Cc1ccc(CN(C)C)cc1CN(C)C. The van der Waals surface area contributed by atoms with Crippen LogP contribution in [-0.4, -0.2) is 38.0 Å². The molecule has 0 spiro atoms. The molecule has 0 fully saturated rings. The number of nitrogens with zero attached hydrogens (tertiary/aromatic N) is 2. The second-order valence-electron chi connectivity index (χ2n) is 4.74. The van der Waals surface area contributed by atoms with E-state index in [0.717, 1.165) is 13.1 Å². The van der Waals surface area contributed by atoms with Gasteiger partial charge in [-0.05, 0) is 51.8 Å². The standard InChI is InChI=1S/C13H22N2/c1-11-6-7-12(9-14(2)3)8-13(11)10-15(4)5/h6-8H,9-10H2,1-5H3. The summed E-state index contributed by atoms with van der Waals surface area (Å²) in [7, 11) is 8.42. The largest absolute Gasteiger partial charge is 0.305 e. The molecular weight excluding hydrogens is 184 g/mol. The molecule has 0 aliphatic heterocycles. The Balaban J connectivity index is 2.85. The van der Waals surface area contributed by atoms with E-state index in [0.29, 0.717) is 0 Å². The van der Waals surface area contributed by atoms with Gasteiger partial charge in [-0.1, -0.05) is 18.2 Å². The van der Waals surface area contributed by atoms with Crippen LogP contribution in [-0.2, 0) is 13.1 Å². The van der Waals surface area contributed by atoms with Gasteiger partial charge in [-0.15, -0.1) is 0 Å². The maximum absolute atomic E-state index is 2.31. The summed E-state index contributed by atoms with van der Waals surface area (Å²) in [5.41, 5.74) is 4.20. The third kappa shape index (κ3) is 4.02. The Hall–Kier alpha value is -0.860. The first-order valence-electron chi connectivity index (χ1n) is 5.37. The van der Waals surface area contributed by atoms with Crippen LogP contribution in [0.25, 0.3) is 0 Å². The first-order valence-corrected chi connectivity index (χ1v) is 5.37. The van der Waals surface area contributed by atoms with E-state index in [1.54, 1.807) is 0 Å². The molecule has 15 heavy (non-hydrogen) atoms. The van der Waals surface area contributed by atoms with Gasteiger partial charge in [-0.2, -0.15) is 0 Å². The van der Waals surface area contributed by atoms with E-state index in [1.807, 2.05) is 0 Å². The van der Waals surface area contributed by atoms with Crippen molar-refractivity contribution in [2.45, 2.75) is 20.0 Å². The quantitative estimate of drug-likeness (QED) is 0.744. The Labute approximate surface area is 93.5 Å². The second-order valence-corrected chi connectivity index (χ2v) is 4.74. The molecule has 1 aromatic carbocycles. The van der Waals surface area contributed by atoms with Crippen molar-refractivity contribution in [2.24, 2.45) is 0 Å². The summed E-state index contributed by atoms with van der Waals surface area (Å²) in [4.78, 5) is 4.41. The lowest BCUT2D eigenvalue weighted by atomic mass is 10.0. The van der Waals surface area contributed by atoms with E-state index in [2.05, 4.69) is 63.1 Å². The molecule has 2 nitrogen and oxygen atoms in total. The highest BCUT2D eigenvalue weighted by atomic mass is 15.1. The van der Waals surface area contributed by atoms with Crippen LogP contribution in [0, 0.1) is 6.92 Å². The molecule has 0 bridgehead atoms. The molecule has 0 aliphatic carbocycles. The van der Waals surface area contributed by atoms with E-state index >= 15 is 0 Å². The lowest BCUT2D eigenvalue weighted by molar-refractivity contribution is 0.395. The predicted octanol–water partition coefficient (Wildman–Crippen LogP) is 2.12. The van der Waals surface area contributed by atoms with Gasteiger partial charge in [0.05, 0.1) is 0 Å². The highest BCUT2D eigenvalue weighted by Gasteiger charge is 2.02. The van der Waals surface area contributed by atoms with Crippen LogP contribution in [0.15, 0.2) is 18.2 Å². The van der Waals surface area contributed by atoms with Crippen molar-refractivity contribution in [2.75, 3.05) is 28.2 Å². The molecule has 0 saturated heterocycles. The Morgan fingerprint density at radius 3 is 2.07 bits per heavy atom. The van der Waals surface area contributed by atoms with Crippen molar-refractivity contribution in [1.82, 2.24) is 9.80 Å². The van der Waals surface area contributed by atoms with Gasteiger partial charge in [-0.25, -0.2) is 0 Å². The van der Waals surface area contributed by atoms with E-state index in [-0.39, 0.29) is 0 Å². The van der Waals surface area contributed by atoms with Crippen molar-refractivity contribution < 1.29 is 0 Å². The van der Waals surface area contributed by atoms with Gasteiger partial charge >= 0.3 is 0 Å². The first-order chi connectivity index (χ1) is 6.99. The van der Waals surface area contributed by atoms with Gasteiger partial charge in [0.15, 0.2) is 0 Å². The van der Waals surface area contributed by atoms with E-state index in [9.17, 15) is 0 Å². The molecule has 0 N–H and O–H groups in total. The maximum atomic E-state index is 2.31. The summed E-state index contributed by atoms with van der Waals surface area (Å²) in [6, 6.07) is 6.75. The minimum absolute atomic E-state index is 1.01. The molecule has 0 aliphatic rings. The van der Waals surface area contributed by atoms with Crippen LogP contribution in [0.1, 0.15) is 16.7 Å². The summed E-state index contributed by atoms with van der Waals surface area (Å²) in [5, 5.41) is 0. The zero-order valence-corrected chi connectivity index (χ0v) is 10.5. The molecule has 0 radical (unpaired) electrons. The summed E-state index contributed by atoms with van der Waals surface area (Å²) < 4.78 is 0. The third-order valence-electron chi connectivity index (χ3n) is 2.40. The van der Waals surface area contributed by atoms with Crippen LogP contribution in [0.5, 0.6) is 0 Å². The number of rotatable bonds is 4. The molecule has 1 aromatic rings. The highest BCUT2D eigenvalue weighted by Crippen LogP contribution is 2.13. The van der Waals surface area contributed by atoms with Crippen molar-refractivity contribution in [3.05, 3.63) is 34.9 Å². The first kappa shape index (κ1) is 12.2. The smallest absolute Gasteiger partial charge is 0.0230 e. The number of hydrogen-bond acceptors (Lipinski definition) is 2. The topological polar surface area (TPSA) is 6.48 Å². The highest BCUT2D eigenvalue weighted by molar-refractivity contribution is 5.31. The Morgan fingerprint density at radius 1 is 0.933 bits per heavy atom. The van der Waals surface area contributed by atoms with Crippen LogP contribution in [0.2, 0.25) is 0 Å². The van der Waals surface area contributed by atoms with Crippen LogP contribution < -0.4 is 0 Å². The van der Waals surface area contributed by atoms with Crippen molar-refractivity contribution in [3.63, 3.8) is 0 Å². The molecule has 0 atom stereocenters. The Morgan fingerprint density at radius 2 is 1.53 bits per heavy atom. The summed E-state index contributed by atoms with van der Waals surface area (Å²) >= 11 is 0. The Bertz CT molecular complexity index is 316. The zero-order chi connectivity index (χ0) is 11.4. The molecule has 0 amide bonds. The molecule has 1 rings (SSSR count). The van der Waals surface area contributed by atoms with Crippen molar-refractivity contribution in [3.8, 4) is 0 Å². The maximum Gasteiger partial charge on any atom is 0.0230 e. The normalized spacial score (nSPS) is 11.4. The third-order valence-corrected chi connectivity index (χ3v) is 2.40. The fourth-order valence-corrected chi connectivity index (χ4v) is 1.70. The van der Waals surface area contributed by atoms with Gasteiger partial charge in [0.2, 0.25) is 0 Å². The number of aryl methyl sites for hydroxylation is 1. The average Bonchev–Trinajstić information content (AvgIpc) is 2.09. The van der Waals surface area contributed by atoms with Crippen molar-refractivity contribution >= 4 is 0 Å². The summed E-state index contributed by atoms with van der Waals surface area (Å²) in [6.07, 6.45) is 0. The zero-order valence-electron chi connectivity index (χ0n) is 10.5. The van der Waals surface area contributed by atoms with E-state index in [4.69, 9.17) is 0 Å². The minimum Gasteiger partial charge on any atom is -0.305 e. The lowest BCUT2D eigenvalue weighted by Crippen LogP contribution is -2.14. The number of hydrogen-bond donors (Lipinski definition) is 0. The fourth-order valence-electron chi connectivity index (χ4n) is 1.70. The predicted molar refractivity (Wildman–Crippen MR) is 66.0 cm³/mol. The summed E-state index contributed by atoms with van der Waals surface area (Å²) in [6.45, 7) is 4.21. The fraction of sp³-hybridized carbons (Fsp3) is 0.538. The van der Waals surface area contributed by atoms with Gasteiger partial charge in [0, 0.05) is 13.1 Å². The Kier molecular flexibility index (Phi) is 4.30. The molecule has 0 heterocycles. The van der Waals surface area contributed by atoms with Gasteiger partial charge in [-0.3, -0.25) is 0 Å². The van der Waals surface area contributed by atoms with E-state index < -0.39 is 0 Å². The minimum atomic E-state index is 1.01. The lowest BCUT2D eigenvalue weighted by Gasteiger charge is -2.15. The van der Waals surface area contributed by atoms with Crippen molar-refractivity contribution in [1.29, 1.82) is 0 Å². The average molecular weight is 206 g/mol. The van der Waals surface area contributed by atoms with Crippen LogP contribution >= 0.6 is 0 Å². The van der Waals surface area contributed by atoms with Gasteiger partial charge in [0.25, 0.3) is 0 Å². The molecule has 0 saturated carbocycles. The summed E-state index contributed by atoms with van der Waals surface area (Å²) in [5.74, 6) is 0. The monoisotopic (exact) mass is 206 g/mol. The molecule has 2 heteroatoms. The molecule has 0 aromatic heterocycles. The van der Waals surface area contributed by atoms with Crippen LogP contribution in [0.3, 0.4) is 0 Å². The molecule has 84 valence electrons. The second kappa shape index (κ2) is 5.29. The molecular formula is C13H22N2. The van der Waals surface area contributed by atoms with E-state index in [1.165, 1.54) is 16.7 Å². The van der Waals surface area contributed by atoms with Gasteiger partial charge < -0.3 is 9.80 Å². The number of benzene rings is 1. The molecule has 0 unspecified atom stereocenters.